The molecule has 0 saturated carbocycles. The van der Waals surface area contributed by atoms with E-state index in [1.54, 1.807) is 0 Å². The zero-order chi connectivity index (χ0) is 58.1. The normalized spacial score (nSPS) is 18.3. The molecule has 0 bridgehead atoms. The number of anilines is 6. The van der Waals surface area contributed by atoms with Gasteiger partial charge in [-0.05, 0) is 99.2 Å². The highest BCUT2D eigenvalue weighted by atomic mass is 32.1. The molecule has 8 aromatic rings. The molecule has 4 aromatic carbocycles. The Morgan fingerprint density at radius 1 is 0.571 bits per heavy atom. The van der Waals surface area contributed by atoms with Crippen LogP contribution in [0.3, 0.4) is 0 Å². The zero-order valence-electron chi connectivity index (χ0n) is 47.4. The van der Waals surface area contributed by atoms with Crippen LogP contribution in [0, 0.1) is 11.6 Å². The number of benzene rings is 4. The van der Waals surface area contributed by atoms with Gasteiger partial charge in [-0.15, -0.1) is 0 Å². The van der Waals surface area contributed by atoms with Crippen molar-refractivity contribution in [3.63, 3.8) is 0 Å². The molecule has 84 heavy (non-hydrogen) atoms. The average Bonchev–Trinajstić information content (AvgIpc) is 4.48. The van der Waals surface area contributed by atoms with Crippen molar-refractivity contribution in [3.8, 4) is 23.3 Å². The van der Waals surface area contributed by atoms with Gasteiger partial charge < -0.3 is 50.0 Å². The Morgan fingerprint density at radius 3 is 1.35 bits per heavy atom. The molecule has 24 heteroatoms. The Morgan fingerprint density at radius 2 is 0.976 bits per heavy atom. The van der Waals surface area contributed by atoms with Crippen molar-refractivity contribution in [3.05, 3.63) is 120 Å². The first-order valence-electron chi connectivity index (χ1n) is 28.5. The predicted molar refractivity (Wildman–Crippen MR) is 324 cm³/mol. The van der Waals surface area contributed by atoms with Crippen LogP contribution < -0.4 is 40.5 Å². The standard InChI is InChI=1S/2C30H34FN7O3S/c2*1-19(21-8-10-22(31)11-9-21)37-12-14-38(15-13-37)26-17-27(35-29(34-26)32-18-23-5-4-16-40-23)41-24-6-3-7-25-28(24)36-30(42-25)33-20(2)39/h2*3,6-11,17,19,23H,4-5,12-16,18H2,1-2H3,(H,32,34,35)(H,33,36,39)/t19-,23+;19-,23-/m11/s1. The molecule has 2 amide bonds. The van der Waals surface area contributed by atoms with Crippen LogP contribution in [0.15, 0.2) is 97.1 Å². The number of nitrogens with zero attached hydrogens (tertiary/aromatic N) is 10. The Kier molecular flexibility index (Phi) is 18.6. The molecule has 0 radical (unpaired) electrons. The van der Waals surface area contributed by atoms with Gasteiger partial charge in [-0.1, -0.05) is 59.1 Å². The lowest BCUT2D eigenvalue weighted by atomic mass is 10.1. The number of aromatic nitrogens is 6. The van der Waals surface area contributed by atoms with Crippen LogP contribution in [0.4, 0.5) is 42.6 Å². The summed E-state index contributed by atoms with van der Waals surface area (Å²) in [6.45, 7) is 16.5. The van der Waals surface area contributed by atoms with E-state index in [4.69, 9.17) is 28.9 Å². The fourth-order valence-electron chi connectivity index (χ4n) is 10.7. The van der Waals surface area contributed by atoms with Crippen LogP contribution in [-0.2, 0) is 19.1 Å². The lowest BCUT2D eigenvalue weighted by molar-refractivity contribution is -0.115. The number of carbonyl (C=O) groups is 2. The molecule has 4 N–H and O–H groups in total. The van der Waals surface area contributed by atoms with Crippen molar-refractivity contribution < 1.29 is 37.3 Å². The molecular formula is C60H68F2N14O6S2. The lowest BCUT2D eigenvalue weighted by Crippen LogP contribution is -2.47. The van der Waals surface area contributed by atoms with Crippen LogP contribution >= 0.6 is 22.7 Å². The molecule has 0 spiro atoms. The summed E-state index contributed by atoms with van der Waals surface area (Å²) in [6.07, 6.45) is 4.39. The molecule has 4 atom stereocenters. The number of ether oxygens (including phenoxy) is 4. The number of rotatable bonds is 18. The third kappa shape index (κ3) is 14.8. The first-order chi connectivity index (χ1) is 40.8. The van der Waals surface area contributed by atoms with Crippen LogP contribution in [0.2, 0.25) is 0 Å². The van der Waals surface area contributed by atoms with Crippen LogP contribution in [0.1, 0.15) is 76.6 Å². The van der Waals surface area contributed by atoms with Gasteiger partial charge in [0.05, 0.1) is 21.6 Å². The summed E-state index contributed by atoms with van der Waals surface area (Å²) in [5.41, 5.74) is 3.51. The summed E-state index contributed by atoms with van der Waals surface area (Å²) in [7, 11) is 0. The van der Waals surface area contributed by atoms with Crippen LogP contribution in [0.5, 0.6) is 23.3 Å². The second-order valence-electron chi connectivity index (χ2n) is 21.1. The molecule has 4 fully saturated rings. The van der Waals surface area contributed by atoms with E-state index in [0.29, 0.717) is 69.5 Å². The van der Waals surface area contributed by atoms with Crippen molar-refractivity contribution in [2.45, 2.75) is 77.7 Å². The monoisotopic (exact) mass is 1180 g/mol. The molecule has 440 valence electrons. The first kappa shape index (κ1) is 58.1. The third-order valence-electron chi connectivity index (χ3n) is 15.2. The highest BCUT2D eigenvalue weighted by Crippen LogP contribution is 2.38. The second-order valence-corrected chi connectivity index (χ2v) is 23.2. The maximum atomic E-state index is 13.4. The van der Waals surface area contributed by atoms with Crippen molar-refractivity contribution in [1.29, 1.82) is 0 Å². The van der Waals surface area contributed by atoms with Gasteiger partial charge in [-0.3, -0.25) is 19.4 Å². The SMILES string of the molecule is CC(=O)Nc1nc2c(Oc3cc(N4CCN([C@H](C)c5ccc(F)cc5)CC4)nc(NC[C@@H]4CCCO4)n3)cccc2s1.CC(=O)Nc1nc2c(Oc3cc(N4CCN([C@H](C)c5ccc(F)cc5)CC4)nc(NC[C@H]4CCCO4)n3)cccc2s1. The molecule has 12 rings (SSSR count). The fraction of sp³-hybridized carbons (Fsp3) is 0.400. The minimum atomic E-state index is -0.222. The average molecular weight is 1180 g/mol. The summed E-state index contributed by atoms with van der Waals surface area (Å²) in [6, 6.07) is 28.9. The van der Waals surface area contributed by atoms with E-state index in [2.05, 4.69) is 74.7 Å². The Labute approximate surface area is 493 Å². The van der Waals surface area contributed by atoms with Gasteiger partial charge in [0, 0.05) is 117 Å². The van der Waals surface area contributed by atoms with Gasteiger partial charge in [-0.25, -0.2) is 18.7 Å². The van der Waals surface area contributed by atoms with Gasteiger partial charge in [0.15, 0.2) is 21.8 Å². The van der Waals surface area contributed by atoms with Crippen molar-refractivity contribution >= 4 is 88.7 Å². The van der Waals surface area contributed by atoms with Crippen molar-refractivity contribution in [1.82, 2.24) is 39.7 Å². The Hall–Kier alpha value is -7.74. The van der Waals surface area contributed by atoms with Gasteiger partial charge in [0.1, 0.15) is 34.3 Å². The van der Waals surface area contributed by atoms with Gasteiger partial charge in [-0.2, -0.15) is 19.9 Å². The first-order valence-corrected chi connectivity index (χ1v) is 30.1. The maximum absolute atomic E-state index is 13.4. The summed E-state index contributed by atoms with van der Waals surface area (Å²) in [5, 5.41) is 13.2. The van der Waals surface area contributed by atoms with Gasteiger partial charge in [0.2, 0.25) is 35.5 Å². The lowest BCUT2D eigenvalue weighted by Gasteiger charge is -2.38. The zero-order valence-corrected chi connectivity index (χ0v) is 49.0. The van der Waals surface area contributed by atoms with Gasteiger partial charge >= 0.3 is 0 Å². The number of piperazine rings is 2. The summed E-state index contributed by atoms with van der Waals surface area (Å²) < 4.78 is 52.9. The van der Waals surface area contributed by atoms with E-state index in [1.165, 1.54) is 60.8 Å². The molecule has 0 aliphatic carbocycles. The van der Waals surface area contributed by atoms with Crippen molar-refractivity contribution in [2.24, 2.45) is 0 Å². The predicted octanol–water partition coefficient (Wildman–Crippen LogP) is 10.9. The fourth-order valence-corrected chi connectivity index (χ4v) is 12.5. The van der Waals surface area contributed by atoms with Gasteiger partial charge in [0.25, 0.3) is 0 Å². The van der Waals surface area contributed by atoms with E-state index in [9.17, 15) is 18.4 Å². The Balaban J connectivity index is 0.000000175. The van der Waals surface area contributed by atoms with Crippen LogP contribution in [0.25, 0.3) is 20.4 Å². The number of halogens is 2. The summed E-state index contributed by atoms with van der Waals surface area (Å²) >= 11 is 2.78. The number of nitrogens with one attached hydrogen (secondary N) is 4. The molecule has 4 aliphatic heterocycles. The number of thiazole rings is 2. The smallest absolute Gasteiger partial charge is 0.228 e. The highest BCUT2D eigenvalue weighted by Gasteiger charge is 2.27. The number of carbonyl (C=O) groups excluding carboxylic acids is 2. The van der Waals surface area contributed by atoms with E-state index >= 15 is 0 Å². The molecule has 4 saturated heterocycles. The Bertz CT molecular complexity index is 3300. The summed E-state index contributed by atoms with van der Waals surface area (Å²) in [5.74, 6) is 3.60. The maximum Gasteiger partial charge on any atom is 0.228 e. The summed E-state index contributed by atoms with van der Waals surface area (Å²) in [4.78, 5) is 60.6. The van der Waals surface area contributed by atoms with E-state index in [-0.39, 0.29) is 47.7 Å². The number of para-hydroxylation sites is 2. The largest absolute Gasteiger partial charge is 0.436 e. The molecule has 0 unspecified atom stereocenters. The number of hydrogen-bond acceptors (Lipinski definition) is 20. The second kappa shape index (κ2) is 26.9. The number of amides is 2. The highest BCUT2D eigenvalue weighted by molar-refractivity contribution is 7.22. The quantitative estimate of drug-likeness (QED) is 0.0629. The number of fused-ring (bicyclic) bond motifs is 2. The molecule has 8 heterocycles. The van der Waals surface area contributed by atoms with E-state index < -0.39 is 0 Å². The van der Waals surface area contributed by atoms with E-state index in [0.717, 1.165) is 123 Å². The third-order valence-corrected chi connectivity index (χ3v) is 17.1. The molecular weight excluding hydrogens is 1110 g/mol. The molecule has 4 aliphatic rings. The molecule has 20 nitrogen and oxygen atoms in total. The topological polar surface area (TPSA) is 209 Å². The molecule has 4 aromatic heterocycles. The van der Waals surface area contributed by atoms with E-state index in [1.807, 2.05) is 72.8 Å². The van der Waals surface area contributed by atoms with Crippen LogP contribution in [-0.4, -0.2) is 142 Å². The van der Waals surface area contributed by atoms with Crippen molar-refractivity contribution in [2.75, 3.05) is 110 Å². The number of hydrogen-bond donors (Lipinski definition) is 4. The minimum Gasteiger partial charge on any atom is -0.436 e. The minimum absolute atomic E-state index is 0.133.